The molecule has 0 aromatic carbocycles. The summed E-state index contributed by atoms with van der Waals surface area (Å²) >= 11 is 0. The van der Waals surface area contributed by atoms with E-state index in [1.54, 1.807) is 33.8 Å². The molecule has 1 heterocycles. The van der Waals surface area contributed by atoms with Crippen molar-refractivity contribution in [2.75, 3.05) is 0 Å². The normalized spacial score (nSPS) is 21.6. The SMILES string of the molecule is C[C@H]1C=CC(=O)N1OC(=O)C(C)(C)C. The molecule has 4 nitrogen and oxygen atoms in total. The monoisotopic (exact) mass is 197 g/mol. The first-order valence-corrected chi connectivity index (χ1v) is 4.56. The van der Waals surface area contributed by atoms with Crippen LogP contribution in [0.25, 0.3) is 0 Å². The lowest BCUT2D eigenvalue weighted by Gasteiger charge is -2.24. The van der Waals surface area contributed by atoms with Crippen LogP contribution in [0.3, 0.4) is 0 Å². The van der Waals surface area contributed by atoms with E-state index in [9.17, 15) is 9.59 Å². The molecule has 0 radical (unpaired) electrons. The Hall–Kier alpha value is -1.32. The molecule has 1 aliphatic rings. The second-order valence-electron chi connectivity index (χ2n) is 4.39. The lowest BCUT2D eigenvalue weighted by atomic mass is 9.98. The van der Waals surface area contributed by atoms with Crippen LogP contribution in [-0.2, 0) is 14.4 Å². The molecular formula is C10H15NO3. The Balaban J connectivity index is 2.62. The van der Waals surface area contributed by atoms with Gasteiger partial charge in [-0.15, -0.1) is 0 Å². The van der Waals surface area contributed by atoms with E-state index in [1.165, 1.54) is 6.08 Å². The van der Waals surface area contributed by atoms with E-state index in [4.69, 9.17) is 4.84 Å². The number of carbonyl (C=O) groups is 2. The highest BCUT2D eigenvalue weighted by Crippen LogP contribution is 2.19. The van der Waals surface area contributed by atoms with E-state index in [-0.39, 0.29) is 11.9 Å². The van der Waals surface area contributed by atoms with E-state index in [0.29, 0.717) is 0 Å². The molecule has 1 atom stereocenters. The molecule has 0 saturated carbocycles. The van der Waals surface area contributed by atoms with Gasteiger partial charge in [-0.1, -0.05) is 6.08 Å². The molecule has 0 bridgehead atoms. The highest BCUT2D eigenvalue weighted by atomic mass is 16.7. The second kappa shape index (κ2) is 3.44. The van der Waals surface area contributed by atoms with E-state index in [2.05, 4.69) is 0 Å². The van der Waals surface area contributed by atoms with Gasteiger partial charge in [-0.25, -0.2) is 4.79 Å². The summed E-state index contributed by atoms with van der Waals surface area (Å²) in [7, 11) is 0. The van der Waals surface area contributed by atoms with Crippen molar-refractivity contribution < 1.29 is 14.4 Å². The van der Waals surface area contributed by atoms with Gasteiger partial charge in [0.1, 0.15) is 0 Å². The van der Waals surface area contributed by atoms with Crippen LogP contribution in [0.1, 0.15) is 27.7 Å². The van der Waals surface area contributed by atoms with Crippen molar-refractivity contribution in [2.45, 2.75) is 33.7 Å². The van der Waals surface area contributed by atoms with Crippen molar-refractivity contribution >= 4 is 11.9 Å². The lowest BCUT2D eigenvalue weighted by molar-refractivity contribution is -0.205. The maximum Gasteiger partial charge on any atom is 0.337 e. The number of rotatable bonds is 1. The van der Waals surface area contributed by atoms with Crippen molar-refractivity contribution in [3.05, 3.63) is 12.2 Å². The molecule has 0 aliphatic carbocycles. The van der Waals surface area contributed by atoms with Gasteiger partial charge < -0.3 is 4.84 Å². The summed E-state index contributed by atoms with van der Waals surface area (Å²) in [6, 6.07) is -0.172. The van der Waals surface area contributed by atoms with Crippen LogP contribution in [0.15, 0.2) is 12.2 Å². The van der Waals surface area contributed by atoms with Crippen LogP contribution in [0.4, 0.5) is 0 Å². The average Bonchev–Trinajstić information content (AvgIpc) is 2.34. The Bertz CT molecular complexity index is 288. The maximum atomic E-state index is 11.5. The van der Waals surface area contributed by atoms with Crippen molar-refractivity contribution in [2.24, 2.45) is 5.41 Å². The summed E-state index contributed by atoms with van der Waals surface area (Å²) in [5.41, 5.74) is -0.595. The van der Waals surface area contributed by atoms with Gasteiger partial charge in [0.05, 0.1) is 11.5 Å². The van der Waals surface area contributed by atoms with Gasteiger partial charge in [0.2, 0.25) is 0 Å². The summed E-state index contributed by atoms with van der Waals surface area (Å²) in [4.78, 5) is 27.7. The topological polar surface area (TPSA) is 46.6 Å². The third-order valence-electron chi connectivity index (χ3n) is 1.90. The molecule has 0 aromatic rings. The summed E-state index contributed by atoms with van der Waals surface area (Å²) < 4.78 is 0. The molecule has 14 heavy (non-hydrogen) atoms. The van der Waals surface area contributed by atoms with Crippen molar-refractivity contribution in [3.63, 3.8) is 0 Å². The van der Waals surface area contributed by atoms with Crippen LogP contribution in [0.5, 0.6) is 0 Å². The number of hydrogen-bond acceptors (Lipinski definition) is 3. The quantitative estimate of drug-likeness (QED) is 0.636. The van der Waals surface area contributed by atoms with Gasteiger partial charge in [-0.05, 0) is 27.7 Å². The molecule has 0 N–H and O–H groups in total. The maximum absolute atomic E-state index is 11.5. The van der Waals surface area contributed by atoms with Crippen molar-refractivity contribution in [1.82, 2.24) is 5.06 Å². The minimum Gasteiger partial charge on any atom is -0.337 e. The van der Waals surface area contributed by atoms with E-state index in [0.717, 1.165) is 5.06 Å². The third-order valence-corrected chi connectivity index (χ3v) is 1.90. The largest absolute Gasteiger partial charge is 0.337 e. The highest BCUT2D eigenvalue weighted by molar-refractivity contribution is 5.91. The lowest BCUT2D eigenvalue weighted by Crippen LogP contribution is -2.38. The minimum absolute atomic E-state index is 0.172. The van der Waals surface area contributed by atoms with Crippen LogP contribution in [0, 0.1) is 5.41 Å². The molecule has 0 fully saturated rings. The number of hydrogen-bond donors (Lipinski definition) is 0. The molecule has 0 spiro atoms. The molecular weight excluding hydrogens is 182 g/mol. The van der Waals surface area contributed by atoms with Gasteiger partial charge in [-0.2, -0.15) is 5.06 Å². The summed E-state index contributed by atoms with van der Waals surface area (Å²) in [6.45, 7) is 7.02. The summed E-state index contributed by atoms with van der Waals surface area (Å²) in [5.74, 6) is -0.684. The standard InChI is InChI=1S/C10H15NO3/c1-7-5-6-8(12)11(7)14-9(13)10(2,3)4/h5-7H,1-4H3/t7-/m0/s1. The molecule has 0 unspecified atom stereocenters. The third kappa shape index (κ3) is 2.13. The molecule has 0 saturated heterocycles. The first-order valence-electron chi connectivity index (χ1n) is 4.56. The molecule has 78 valence electrons. The minimum atomic E-state index is -0.595. The fraction of sp³-hybridized carbons (Fsp3) is 0.600. The van der Waals surface area contributed by atoms with Gasteiger partial charge in [0.15, 0.2) is 0 Å². The van der Waals surface area contributed by atoms with Crippen LogP contribution in [0.2, 0.25) is 0 Å². The van der Waals surface area contributed by atoms with Gasteiger partial charge in [0, 0.05) is 6.08 Å². The van der Waals surface area contributed by atoms with Crippen LogP contribution < -0.4 is 0 Å². The van der Waals surface area contributed by atoms with Crippen LogP contribution in [-0.4, -0.2) is 23.0 Å². The Kier molecular flexibility index (Phi) is 2.64. The number of amides is 1. The van der Waals surface area contributed by atoms with E-state index < -0.39 is 11.4 Å². The van der Waals surface area contributed by atoms with Crippen molar-refractivity contribution in [3.8, 4) is 0 Å². The second-order valence-corrected chi connectivity index (χ2v) is 4.39. The molecule has 1 rings (SSSR count). The predicted molar refractivity (Wildman–Crippen MR) is 51.0 cm³/mol. The van der Waals surface area contributed by atoms with Gasteiger partial charge in [0.25, 0.3) is 5.91 Å². The molecule has 1 aliphatic heterocycles. The predicted octanol–water partition coefficient (Wildman–Crippen LogP) is 1.28. The fourth-order valence-electron chi connectivity index (χ4n) is 0.928. The number of nitrogens with zero attached hydrogens (tertiary/aromatic N) is 1. The Morgan fingerprint density at radius 2 is 2.07 bits per heavy atom. The highest BCUT2D eigenvalue weighted by Gasteiger charge is 2.31. The van der Waals surface area contributed by atoms with Gasteiger partial charge >= 0.3 is 5.97 Å². The number of hydroxylamine groups is 2. The first-order chi connectivity index (χ1) is 6.32. The molecule has 0 aromatic heterocycles. The average molecular weight is 197 g/mol. The molecule has 4 heteroatoms. The molecule has 1 amide bonds. The van der Waals surface area contributed by atoms with Gasteiger partial charge in [-0.3, -0.25) is 4.79 Å². The summed E-state index contributed by atoms with van der Waals surface area (Å²) in [5, 5.41) is 1.09. The fourth-order valence-corrected chi connectivity index (χ4v) is 0.928. The van der Waals surface area contributed by atoms with E-state index in [1.807, 2.05) is 0 Å². The smallest absolute Gasteiger partial charge is 0.337 e. The van der Waals surface area contributed by atoms with Crippen LogP contribution >= 0.6 is 0 Å². The Morgan fingerprint density at radius 1 is 1.50 bits per heavy atom. The zero-order chi connectivity index (χ0) is 10.9. The zero-order valence-electron chi connectivity index (χ0n) is 8.90. The Morgan fingerprint density at radius 3 is 2.43 bits per heavy atom. The number of carbonyl (C=O) groups excluding carboxylic acids is 2. The zero-order valence-corrected chi connectivity index (χ0v) is 8.90. The Labute approximate surface area is 83.5 Å². The van der Waals surface area contributed by atoms with Crippen molar-refractivity contribution in [1.29, 1.82) is 0 Å². The summed E-state index contributed by atoms with van der Waals surface area (Å²) in [6.07, 6.45) is 3.10. The first kappa shape index (κ1) is 10.8. The van der Waals surface area contributed by atoms with E-state index >= 15 is 0 Å².